The summed E-state index contributed by atoms with van der Waals surface area (Å²) in [4.78, 5) is 19.3. The number of benzene rings is 1. The van der Waals surface area contributed by atoms with E-state index in [1.165, 1.54) is 11.3 Å². The van der Waals surface area contributed by atoms with Gasteiger partial charge in [-0.05, 0) is 50.7 Å². The number of rotatable bonds is 4. The van der Waals surface area contributed by atoms with Gasteiger partial charge < -0.3 is 30.5 Å². The minimum absolute atomic E-state index is 0.610. The van der Waals surface area contributed by atoms with Crippen molar-refractivity contribution in [3.05, 3.63) is 47.3 Å². The highest BCUT2D eigenvalue weighted by Crippen LogP contribution is 2.37. The Morgan fingerprint density at radius 3 is 2.86 bits per heavy atom. The van der Waals surface area contributed by atoms with E-state index >= 15 is 0 Å². The molecule has 0 spiro atoms. The molecule has 1 aromatic carbocycles. The van der Waals surface area contributed by atoms with Crippen LogP contribution in [0.3, 0.4) is 0 Å². The molecule has 0 amide bonds. The second kappa shape index (κ2) is 9.31. The molecule has 3 aliphatic heterocycles. The first-order valence-electron chi connectivity index (χ1n) is 12.4. The monoisotopic (exact) mass is 472 g/mol. The lowest BCUT2D eigenvalue weighted by Gasteiger charge is -2.34. The molecule has 0 aliphatic carbocycles. The third kappa shape index (κ3) is 4.37. The number of ether oxygens (including phenoxy) is 1. The van der Waals surface area contributed by atoms with Gasteiger partial charge in [-0.2, -0.15) is 0 Å². The molecule has 1 fully saturated rings. The van der Waals surface area contributed by atoms with E-state index in [2.05, 4.69) is 69.0 Å². The summed E-state index contributed by atoms with van der Waals surface area (Å²) in [6.07, 6.45) is 2.79. The van der Waals surface area contributed by atoms with Crippen molar-refractivity contribution in [2.24, 2.45) is 0 Å². The zero-order valence-electron chi connectivity index (χ0n) is 20.4. The van der Waals surface area contributed by atoms with Crippen LogP contribution in [0.25, 0.3) is 11.3 Å². The Hall–Kier alpha value is -3.43. The van der Waals surface area contributed by atoms with E-state index in [0.717, 1.165) is 86.1 Å². The standard InChI is InChI=1S/C26H32N8O/c1-17-21(15-29-25-23(17)28-8-13-35-25)24-20-6-7-27-16-22(20)31-26(32-24)30-18-4-3-5-19(14-18)34-11-9-33(2)10-12-34/h3-5,14-15,27-28H,6-13,16H2,1-2H3,(H,30,31,32). The number of aromatic nitrogens is 3. The van der Waals surface area contributed by atoms with Gasteiger partial charge in [0.1, 0.15) is 12.3 Å². The number of pyridine rings is 1. The number of hydrogen-bond acceptors (Lipinski definition) is 9. The number of nitrogens with zero attached hydrogens (tertiary/aromatic N) is 5. The van der Waals surface area contributed by atoms with Crippen LogP contribution in [0.15, 0.2) is 30.5 Å². The van der Waals surface area contributed by atoms with Crippen molar-refractivity contribution in [2.45, 2.75) is 19.9 Å². The van der Waals surface area contributed by atoms with Crippen molar-refractivity contribution in [1.29, 1.82) is 0 Å². The molecule has 1 saturated heterocycles. The lowest BCUT2D eigenvalue weighted by atomic mass is 9.97. The van der Waals surface area contributed by atoms with Gasteiger partial charge in [-0.3, -0.25) is 0 Å². The van der Waals surface area contributed by atoms with Crippen molar-refractivity contribution >= 4 is 23.0 Å². The maximum atomic E-state index is 5.74. The highest BCUT2D eigenvalue weighted by Gasteiger charge is 2.24. The number of nitrogens with one attached hydrogen (secondary N) is 3. The number of fused-ring (bicyclic) bond motifs is 2. The molecule has 0 radical (unpaired) electrons. The first-order valence-corrected chi connectivity index (χ1v) is 12.4. The topological polar surface area (TPSA) is 90.5 Å². The first-order chi connectivity index (χ1) is 17.2. The molecule has 3 aromatic rings. The maximum Gasteiger partial charge on any atom is 0.237 e. The van der Waals surface area contributed by atoms with Gasteiger partial charge >= 0.3 is 0 Å². The molecule has 3 aliphatic rings. The van der Waals surface area contributed by atoms with Gasteiger partial charge in [-0.25, -0.2) is 15.0 Å². The fourth-order valence-corrected chi connectivity index (χ4v) is 5.07. The minimum Gasteiger partial charge on any atom is -0.474 e. The van der Waals surface area contributed by atoms with Crippen LogP contribution in [0.1, 0.15) is 16.8 Å². The molecular weight excluding hydrogens is 440 g/mol. The van der Waals surface area contributed by atoms with Gasteiger partial charge in [-0.15, -0.1) is 0 Å². The van der Waals surface area contributed by atoms with E-state index in [1.807, 2.05) is 6.20 Å². The van der Waals surface area contributed by atoms with Crippen molar-refractivity contribution in [1.82, 2.24) is 25.2 Å². The molecule has 9 heteroatoms. The second-order valence-electron chi connectivity index (χ2n) is 9.47. The Balaban J connectivity index is 1.35. The summed E-state index contributed by atoms with van der Waals surface area (Å²) in [5.41, 5.74) is 8.50. The van der Waals surface area contributed by atoms with Gasteiger partial charge in [0.15, 0.2) is 0 Å². The van der Waals surface area contributed by atoms with Gasteiger partial charge in [0.05, 0.1) is 11.4 Å². The summed E-state index contributed by atoms with van der Waals surface area (Å²) in [5.74, 6) is 1.28. The van der Waals surface area contributed by atoms with Crippen LogP contribution in [0.4, 0.5) is 23.0 Å². The van der Waals surface area contributed by atoms with E-state index in [4.69, 9.17) is 14.7 Å². The van der Waals surface area contributed by atoms with Crippen LogP contribution in [0.5, 0.6) is 5.88 Å². The van der Waals surface area contributed by atoms with Crippen molar-refractivity contribution < 1.29 is 4.74 Å². The van der Waals surface area contributed by atoms with E-state index in [0.29, 0.717) is 18.4 Å². The first kappa shape index (κ1) is 22.1. The largest absolute Gasteiger partial charge is 0.474 e. The third-order valence-electron chi connectivity index (χ3n) is 7.11. The Bertz CT molecular complexity index is 1240. The molecule has 3 N–H and O–H groups in total. The zero-order valence-corrected chi connectivity index (χ0v) is 20.4. The van der Waals surface area contributed by atoms with E-state index in [-0.39, 0.29) is 0 Å². The number of likely N-dealkylation sites (N-methyl/N-ethyl adjacent to an activating group) is 1. The lowest BCUT2D eigenvalue weighted by Crippen LogP contribution is -2.44. The van der Waals surface area contributed by atoms with Gasteiger partial charge in [0.2, 0.25) is 11.8 Å². The molecule has 35 heavy (non-hydrogen) atoms. The zero-order chi connectivity index (χ0) is 23.8. The van der Waals surface area contributed by atoms with E-state index in [1.54, 1.807) is 0 Å². The molecule has 182 valence electrons. The van der Waals surface area contributed by atoms with Gasteiger partial charge in [-0.1, -0.05) is 6.07 Å². The summed E-state index contributed by atoms with van der Waals surface area (Å²) in [7, 11) is 2.18. The smallest absolute Gasteiger partial charge is 0.237 e. The van der Waals surface area contributed by atoms with Crippen LogP contribution < -0.4 is 25.6 Å². The van der Waals surface area contributed by atoms with Crippen LogP contribution in [0, 0.1) is 6.92 Å². The number of hydrogen-bond donors (Lipinski definition) is 3. The summed E-state index contributed by atoms with van der Waals surface area (Å²) in [5, 5.41) is 10.4. The summed E-state index contributed by atoms with van der Waals surface area (Å²) < 4.78 is 5.74. The summed E-state index contributed by atoms with van der Waals surface area (Å²) >= 11 is 0. The van der Waals surface area contributed by atoms with Crippen LogP contribution >= 0.6 is 0 Å². The average Bonchev–Trinajstić information content (AvgIpc) is 2.89. The van der Waals surface area contributed by atoms with Crippen molar-refractivity contribution in [2.75, 3.05) is 68.5 Å². The average molecular weight is 473 g/mol. The quantitative estimate of drug-likeness (QED) is 0.530. The predicted molar refractivity (Wildman–Crippen MR) is 139 cm³/mol. The number of piperazine rings is 1. The minimum atomic E-state index is 0.610. The lowest BCUT2D eigenvalue weighted by molar-refractivity contribution is 0.310. The Kier molecular flexibility index (Phi) is 5.87. The molecule has 5 heterocycles. The van der Waals surface area contributed by atoms with Crippen molar-refractivity contribution in [3.63, 3.8) is 0 Å². The highest BCUT2D eigenvalue weighted by atomic mass is 16.5. The second-order valence-corrected chi connectivity index (χ2v) is 9.47. The Morgan fingerprint density at radius 2 is 1.97 bits per heavy atom. The molecule has 0 unspecified atom stereocenters. The molecule has 6 rings (SSSR count). The Labute approximate surface area is 205 Å². The van der Waals surface area contributed by atoms with Crippen LogP contribution in [0.2, 0.25) is 0 Å². The third-order valence-corrected chi connectivity index (χ3v) is 7.11. The SMILES string of the molecule is Cc1c(-c2nc(Nc3cccc(N4CCN(C)CC4)c3)nc3c2CCNC3)cnc2c1NCCO2. The fraction of sp³-hybridized carbons (Fsp3) is 0.423. The Morgan fingerprint density at radius 1 is 1.09 bits per heavy atom. The van der Waals surface area contributed by atoms with Gasteiger partial charge in [0.25, 0.3) is 0 Å². The molecule has 2 aromatic heterocycles. The molecule has 0 atom stereocenters. The normalized spacial score (nSPS) is 17.7. The molecule has 0 saturated carbocycles. The molecule has 9 nitrogen and oxygen atoms in total. The highest BCUT2D eigenvalue weighted by molar-refractivity contribution is 5.77. The fourth-order valence-electron chi connectivity index (χ4n) is 5.07. The molecule has 0 bridgehead atoms. The van der Waals surface area contributed by atoms with Crippen LogP contribution in [-0.2, 0) is 13.0 Å². The van der Waals surface area contributed by atoms with E-state index < -0.39 is 0 Å². The summed E-state index contributed by atoms with van der Waals surface area (Å²) in [6, 6.07) is 8.54. The summed E-state index contributed by atoms with van der Waals surface area (Å²) in [6.45, 7) is 9.41. The predicted octanol–water partition coefficient (Wildman–Crippen LogP) is 2.79. The maximum absolute atomic E-state index is 5.74. The van der Waals surface area contributed by atoms with Crippen LogP contribution in [-0.4, -0.2) is 72.8 Å². The van der Waals surface area contributed by atoms with E-state index in [9.17, 15) is 0 Å². The number of anilines is 4. The molecular formula is C26H32N8O. The van der Waals surface area contributed by atoms with Gasteiger partial charge in [0, 0.05) is 68.0 Å². The van der Waals surface area contributed by atoms with Crippen molar-refractivity contribution in [3.8, 4) is 17.1 Å².